The second kappa shape index (κ2) is 8.88. The van der Waals surface area contributed by atoms with Gasteiger partial charge in [0, 0.05) is 12.4 Å². The van der Waals surface area contributed by atoms with Crippen LogP contribution in [0, 0.1) is 0 Å². The molecule has 0 aliphatic carbocycles. The Balaban J connectivity index is 2.00. The van der Waals surface area contributed by atoms with E-state index in [4.69, 9.17) is 12.2 Å². The average molecular weight is 456 g/mol. The number of alkyl halides is 6. The van der Waals surface area contributed by atoms with Gasteiger partial charge in [-0.15, -0.1) is 0 Å². The van der Waals surface area contributed by atoms with Crippen LogP contribution in [0.2, 0.25) is 0 Å². The van der Waals surface area contributed by atoms with E-state index in [1.54, 1.807) is 12.1 Å². The molecule has 0 saturated carbocycles. The van der Waals surface area contributed by atoms with Crippen molar-refractivity contribution in [2.24, 2.45) is 0 Å². The van der Waals surface area contributed by atoms with E-state index in [1.807, 2.05) is 0 Å². The number of halogens is 6. The van der Waals surface area contributed by atoms with E-state index >= 15 is 0 Å². The minimum absolute atomic E-state index is 0.0586. The lowest BCUT2D eigenvalue weighted by Crippen LogP contribution is -2.34. The third kappa shape index (κ3) is 5.69. The van der Waals surface area contributed by atoms with Crippen molar-refractivity contribution in [1.82, 2.24) is 15.3 Å². The number of pyridine rings is 2. The first-order valence-electron chi connectivity index (χ1n) is 8.72. The zero-order valence-electron chi connectivity index (χ0n) is 15.5. The van der Waals surface area contributed by atoms with Crippen molar-refractivity contribution in [3.05, 3.63) is 89.5 Å². The molecule has 0 saturated heterocycles. The largest absolute Gasteiger partial charge is 0.418 e. The predicted octanol–water partition coefficient (Wildman–Crippen LogP) is 5.59. The number of rotatable bonds is 4. The maximum Gasteiger partial charge on any atom is 0.418 e. The van der Waals surface area contributed by atoms with Crippen LogP contribution in [-0.4, -0.2) is 15.1 Å². The molecule has 3 rings (SSSR count). The van der Waals surface area contributed by atoms with Crippen LogP contribution in [0.25, 0.3) is 0 Å². The summed E-state index contributed by atoms with van der Waals surface area (Å²) < 4.78 is 79.4. The van der Waals surface area contributed by atoms with Crippen molar-refractivity contribution in [2.75, 3.05) is 5.32 Å². The summed E-state index contributed by atoms with van der Waals surface area (Å²) in [5.74, 6) is 0. The highest BCUT2D eigenvalue weighted by atomic mass is 32.1. The molecule has 0 spiro atoms. The van der Waals surface area contributed by atoms with E-state index in [0.29, 0.717) is 5.69 Å². The van der Waals surface area contributed by atoms with Gasteiger partial charge in [-0.2, -0.15) is 26.3 Å². The summed E-state index contributed by atoms with van der Waals surface area (Å²) in [7, 11) is 0. The quantitative estimate of drug-likeness (QED) is 0.396. The minimum atomic E-state index is -4.73. The summed E-state index contributed by atoms with van der Waals surface area (Å²) in [6.07, 6.45) is -5.17. The van der Waals surface area contributed by atoms with Crippen molar-refractivity contribution >= 4 is 23.0 Å². The summed E-state index contributed by atoms with van der Waals surface area (Å²) in [6, 6.07) is 7.71. The molecular formula is C20H14F6N4S. The monoisotopic (exact) mass is 456 g/mol. The molecule has 0 amide bonds. The molecule has 0 radical (unpaired) electrons. The molecule has 31 heavy (non-hydrogen) atoms. The number of thiocarbonyl (C=S) groups is 1. The number of hydrogen-bond acceptors (Lipinski definition) is 3. The Morgan fingerprint density at radius 1 is 0.871 bits per heavy atom. The van der Waals surface area contributed by atoms with Crippen LogP contribution < -0.4 is 10.6 Å². The van der Waals surface area contributed by atoms with Crippen LogP contribution in [0.3, 0.4) is 0 Å². The van der Waals surface area contributed by atoms with Crippen molar-refractivity contribution in [3.63, 3.8) is 0 Å². The number of hydrogen-bond donors (Lipinski definition) is 2. The number of nitrogens with zero attached hydrogens (tertiary/aromatic N) is 2. The van der Waals surface area contributed by atoms with Crippen LogP contribution >= 0.6 is 12.2 Å². The molecule has 1 atom stereocenters. The third-order valence-corrected chi connectivity index (χ3v) is 4.40. The van der Waals surface area contributed by atoms with Gasteiger partial charge >= 0.3 is 12.4 Å². The molecular weight excluding hydrogens is 442 g/mol. The fourth-order valence-corrected chi connectivity index (χ4v) is 3.03. The summed E-state index contributed by atoms with van der Waals surface area (Å²) in [5, 5.41) is 5.43. The van der Waals surface area contributed by atoms with Crippen LogP contribution in [-0.2, 0) is 12.4 Å². The number of benzene rings is 1. The Bertz CT molecular complexity index is 1040. The predicted molar refractivity (Wildman–Crippen MR) is 106 cm³/mol. The molecule has 1 aromatic carbocycles. The minimum Gasteiger partial charge on any atom is -0.350 e. The Morgan fingerprint density at radius 2 is 1.55 bits per heavy atom. The molecule has 0 bridgehead atoms. The van der Waals surface area contributed by atoms with Gasteiger partial charge in [-0.3, -0.25) is 9.97 Å². The van der Waals surface area contributed by atoms with Gasteiger partial charge in [-0.05, 0) is 54.2 Å². The van der Waals surface area contributed by atoms with E-state index in [9.17, 15) is 26.3 Å². The maximum absolute atomic E-state index is 13.6. The molecule has 3 aromatic rings. The van der Waals surface area contributed by atoms with Crippen LogP contribution in [0.1, 0.15) is 28.4 Å². The third-order valence-electron chi connectivity index (χ3n) is 4.18. The second-order valence-electron chi connectivity index (χ2n) is 6.33. The topological polar surface area (TPSA) is 49.8 Å². The Hall–Kier alpha value is -3.21. The molecule has 2 N–H and O–H groups in total. The fourth-order valence-electron chi connectivity index (χ4n) is 2.80. The summed E-state index contributed by atoms with van der Waals surface area (Å²) in [6.45, 7) is 0. The lowest BCUT2D eigenvalue weighted by atomic mass is 9.98. The lowest BCUT2D eigenvalue weighted by molar-refractivity contribution is -0.139. The number of aromatic nitrogens is 2. The first-order valence-corrected chi connectivity index (χ1v) is 9.13. The molecule has 11 heteroatoms. The summed E-state index contributed by atoms with van der Waals surface area (Å²) in [5.41, 5.74) is -1.79. The van der Waals surface area contributed by atoms with Gasteiger partial charge in [-0.1, -0.05) is 12.1 Å². The Labute approximate surface area is 178 Å². The van der Waals surface area contributed by atoms with Crippen molar-refractivity contribution in [3.8, 4) is 0 Å². The summed E-state index contributed by atoms with van der Waals surface area (Å²) in [4.78, 5) is 7.74. The first-order chi connectivity index (χ1) is 14.6. The Kier molecular flexibility index (Phi) is 6.44. The van der Waals surface area contributed by atoms with Gasteiger partial charge < -0.3 is 10.6 Å². The molecule has 2 heterocycles. The first kappa shape index (κ1) is 22.5. The molecule has 0 aliphatic rings. The average Bonchev–Trinajstić information content (AvgIpc) is 2.72. The lowest BCUT2D eigenvalue weighted by Gasteiger charge is -2.24. The van der Waals surface area contributed by atoms with E-state index in [2.05, 4.69) is 20.6 Å². The van der Waals surface area contributed by atoms with Gasteiger partial charge in [-0.25, -0.2) is 0 Å². The molecule has 0 fully saturated rings. The Morgan fingerprint density at radius 3 is 2.13 bits per heavy atom. The second-order valence-corrected chi connectivity index (χ2v) is 6.74. The normalized spacial score (nSPS) is 12.8. The zero-order chi connectivity index (χ0) is 22.6. The van der Waals surface area contributed by atoms with E-state index in [1.165, 1.54) is 18.6 Å². The van der Waals surface area contributed by atoms with Crippen molar-refractivity contribution in [1.29, 1.82) is 0 Å². The molecule has 1 unspecified atom stereocenters. The van der Waals surface area contributed by atoms with Crippen molar-refractivity contribution in [2.45, 2.75) is 18.4 Å². The fraction of sp³-hybridized carbons (Fsp3) is 0.150. The van der Waals surface area contributed by atoms with Crippen LogP contribution in [0.15, 0.2) is 67.1 Å². The van der Waals surface area contributed by atoms with E-state index in [0.717, 1.165) is 36.4 Å². The van der Waals surface area contributed by atoms with Crippen LogP contribution in [0.5, 0.6) is 0 Å². The van der Waals surface area contributed by atoms with Crippen molar-refractivity contribution < 1.29 is 26.3 Å². The standard InChI is InChI=1S/C20H14F6N4S/c21-19(22,23)13-7-5-12(6-8-13)16(17-15(20(24,25)26)4-2-10-28-17)30-18(31)29-14-3-1-9-27-11-14/h1-11,16H,(H2,29,30,31). The summed E-state index contributed by atoms with van der Waals surface area (Å²) >= 11 is 5.19. The zero-order valence-corrected chi connectivity index (χ0v) is 16.3. The van der Waals surface area contributed by atoms with E-state index < -0.39 is 35.2 Å². The smallest absolute Gasteiger partial charge is 0.350 e. The van der Waals surface area contributed by atoms with Gasteiger partial charge in [0.1, 0.15) is 0 Å². The highest BCUT2D eigenvalue weighted by Crippen LogP contribution is 2.36. The number of nitrogens with one attached hydrogen (secondary N) is 2. The highest BCUT2D eigenvalue weighted by Gasteiger charge is 2.37. The van der Waals surface area contributed by atoms with Gasteiger partial charge in [0.15, 0.2) is 5.11 Å². The number of anilines is 1. The van der Waals surface area contributed by atoms with Crippen LogP contribution in [0.4, 0.5) is 32.0 Å². The van der Waals surface area contributed by atoms with E-state index in [-0.39, 0.29) is 10.7 Å². The molecule has 162 valence electrons. The molecule has 2 aromatic heterocycles. The van der Waals surface area contributed by atoms with Gasteiger partial charge in [0.05, 0.1) is 34.7 Å². The SMILES string of the molecule is FC(F)(F)c1ccc(C(NC(=S)Nc2cccnc2)c2ncccc2C(F)(F)F)cc1. The van der Waals surface area contributed by atoms with Gasteiger partial charge in [0.2, 0.25) is 0 Å². The maximum atomic E-state index is 13.6. The van der Waals surface area contributed by atoms with Gasteiger partial charge in [0.25, 0.3) is 0 Å². The molecule has 0 aliphatic heterocycles. The molecule has 4 nitrogen and oxygen atoms in total. The highest BCUT2D eigenvalue weighted by molar-refractivity contribution is 7.80.